The average Bonchev–Trinajstić information content (AvgIpc) is 2.34. The van der Waals surface area contributed by atoms with Crippen molar-refractivity contribution in [1.82, 2.24) is 0 Å². The summed E-state index contributed by atoms with van der Waals surface area (Å²) in [5.41, 5.74) is 2.74. The first-order chi connectivity index (χ1) is 8.56. The van der Waals surface area contributed by atoms with Gasteiger partial charge in [-0.3, -0.25) is 9.59 Å². The zero-order valence-corrected chi connectivity index (χ0v) is 10.3. The smallest absolute Gasteiger partial charge is 0.277 e. The summed E-state index contributed by atoms with van der Waals surface area (Å²) in [6.45, 7) is 3.67. The number of amides is 1. The van der Waals surface area contributed by atoms with Crippen LogP contribution in [0.1, 0.15) is 22.8 Å². The lowest BCUT2D eigenvalue weighted by Crippen LogP contribution is -2.07. The Bertz CT molecular complexity index is 589. The topological polar surface area (TPSA) is 46.5 Å². The zero-order valence-electron chi connectivity index (χ0n) is 10.3. The Hall–Kier alpha value is -2.29. The van der Waals surface area contributed by atoms with Crippen molar-refractivity contribution in [1.29, 1.82) is 0 Å². The number of rotatable bonds is 1. The molecule has 0 bridgehead atoms. The number of hydrogen-bond donors (Lipinski definition) is 0. The molecule has 0 N–H and O–H groups in total. The van der Waals surface area contributed by atoms with Crippen LogP contribution in [0.25, 0.3) is 0 Å². The number of aryl methyl sites for hydroxylation is 1. The molecule has 1 aliphatic rings. The van der Waals surface area contributed by atoms with Crippen molar-refractivity contribution >= 4 is 17.4 Å². The second-order valence-corrected chi connectivity index (χ2v) is 4.23. The van der Waals surface area contributed by atoms with Crippen LogP contribution in [-0.2, 0) is 4.79 Å². The quantitative estimate of drug-likeness (QED) is 0.707. The number of allylic oxidation sites excluding steroid dienone is 4. The molecule has 1 aliphatic carbocycles. The summed E-state index contributed by atoms with van der Waals surface area (Å²) >= 11 is 0. The molecular weight excluding hydrogens is 226 g/mol. The monoisotopic (exact) mass is 239 g/mol. The van der Waals surface area contributed by atoms with Crippen molar-refractivity contribution in [2.24, 2.45) is 4.99 Å². The molecule has 0 unspecified atom stereocenters. The maximum Gasteiger partial charge on any atom is 0.277 e. The molecule has 0 atom stereocenters. The molecule has 0 radical (unpaired) electrons. The lowest BCUT2D eigenvalue weighted by Gasteiger charge is -2.03. The Morgan fingerprint density at radius 1 is 1.06 bits per heavy atom. The molecule has 0 saturated heterocycles. The fourth-order valence-electron chi connectivity index (χ4n) is 1.58. The van der Waals surface area contributed by atoms with E-state index in [4.69, 9.17) is 0 Å². The third-order valence-corrected chi connectivity index (χ3v) is 2.69. The summed E-state index contributed by atoms with van der Waals surface area (Å²) in [4.78, 5) is 27.1. The molecule has 0 saturated carbocycles. The number of nitrogens with zero attached hydrogens (tertiary/aromatic N) is 1. The number of carbonyl (C=O) groups excluding carboxylic acids is 2. The number of benzene rings is 1. The molecule has 18 heavy (non-hydrogen) atoms. The molecule has 0 aliphatic heterocycles. The standard InChI is InChI=1S/C15H13NO2/c1-10-3-5-12(6-4-10)15(18)16-13-7-8-14(17)11(2)9-13/h3-9H,1-2H3. The molecule has 0 spiro atoms. The van der Waals surface area contributed by atoms with Gasteiger partial charge in [0.1, 0.15) is 0 Å². The van der Waals surface area contributed by atoms with Gasteiger partial charge in [0.2, 0.25) is 0 Å². The van der Waals surface area contributed by atoms with Gasteiger partial charge in [0.15, 0.2) is 5.78 Å². The summed E-state index contributed by atoms with van der Waals surface area (Å²) in [5, 5.41) is 0. The van der Waals surface area contributed by atoms with Gasteiger partial charge < -0.3 is 0 Å². The minimum absolute atomic E-state index is 0.0447. The predicted octanol–water partition coefficient (Wildman–Crippen LogP) is 2.66. The third kappa shape index (κ3) is 2.69. The molecule has 1 aromatic rings. The van der Waals surface area contributed by atoms with Crippen molar-refractivity contribution in [2.75, 3.05) is 0 Å². The van der Waals surface area contributed by atoms with E-state index < -0.39 is 0 Å². The Balaban J connectivity index is 2.24. The lowest BCUT2D eigenvalue weighted by molar-refractivity contribution is -0.111. The van der Waals surface area contributed by atoms with E-state index in [-0.39, 0.29) is 11.7 Å². The Morgan fingerprint density at radius 2 is 1.72 bits per heavy atom. The van der Waals surface area contributed by atoms with E-state index in [9.17, 15) is 9.59 Å². The SMILES string of the molecule is CC1=CC(=NC(=O)c2ccc(C)cc2)C=CC1=O. The normalized spacial score (nSPS) is 16.9. The molecule has 1 aromatic carbocycles. The second-order valence-electron chi connectivity index (χ2n) is 4.23. The summed E-state index contributed by atoms with van der Waals surface area (Å²) in [6.07, 6.45) is 4.60. The van der Waals surface area contributed by atoms with Gasteiger partial charge in [0.25, 0.3) is 5.91 Å². The van der Waals surface area contributed by atoms with E-state index in [1.165, 1.54) is 6.08 Å². The molecule has 3 nitrogen and oxygen atoms in total. The van der Waals surface area contributed by atoms with Crippen LogP contribution in [0.5, 0.6) is 0 Å². The van der Waals surface area contributed by atoms with E-state index in [0.29, 0.717) is 16.8 Å². The highest BCUT2D eigenvalue weighted by Gasteiger charge is 2.09. The van der Waals surface area contributed by atoms with E-state index in [1.54, 1.807) is 31.2 Å². The van der Waals surface area contributed by atoms with E-state index in [2.05, 4.69) is 4.99 Å². The number of aliphatic imine (C=N–C) groups is 1. The molecule has 1 amide bonds. The van der Waals surface area contributed by atoms with Crippen LogP contribution in [0.15, 0.2) is 53.1 Å². The number of ketones is 1. The summed E-state index contributed by atoms with van der Waals surface area (Å²) in [5.74, 6) is -0.343. The zero-order chi connectivity index (χ0) is 13.1. The second kappa shape index (κ2) is 4.92. The van der Waals surface area contributed by atoms with Crippen LogP contribution in [-0.4, -0.2) is 17.4 Å². The first-order valence-electron chi connectivity index (χ1n) is 5.66. The maximum absolute atomic E-state index is 11.9. The van der Waals surface area contributed by atoms with Crippen LogP contribution in [0.2, 0.25) is 0 Å². The first kappa shape index (κ1) is 12.2. The summed E-state index contributed by atoms with van der Waals surface area (Å²) in [6, 6.07) is 7.23. The van der Waals surface area contributed by atoms with Crippen LogP contribution in [0, 0.1) is 6.92 Å². The summed E-state index contributed by atoms with van der Waals surface area (Å²) < 4.78 is 0. The van der Waals surface area contributed by atoms with Gasteiger partial charge in [0.05, 0.1) is 5.71 Å². The fourth-order valence-corrected chi connectivity index (χ4v) is 1.58. The highest BCUT2D eigenvalue weighted by Crippen LogP contribution is 2.08. The predicted molar refractivity (Wildman–Crippen MR) is 70.8 cm³/mol. The lowest BCUT2D eigenvalue weighted by atomic mass is 10.1. The van der Waals surface area contributed by atoms with Crippen molar-refractivity contribution < 1.29 is 9.59 Å². The maximum atomic E-state index is 11.9. The molecule has 3 heteroatoms. The minimum Gasteiger partial charge on any atom is -0.290 e. The van der Waals surface area contributed by atoms with Gasteiger partial charge in [0, 0.05) is 5.56 Å². The molecule has 0 heterocycles. The van der Waals surface area contributed by atoms with Gasteiger partial charge >= 0.3 is 0 Å². The Kier molecular flexibility index (Phi) is 3.33. The number of carbonyl (C=O) groups is 2. The first-order valence-corrected chi connectivity index (χ1v) is 5.66. The molecule has 0 aromatic heterocycles. The van der Waals surface area contributed by atoms with Crippen molar-refractivity contribution in [3.8, 4) is 0 Å². The Labute approximate surface area is 106 Å². The van der Waals surface area contributed by atoms with Gasteiger partial charge in [-0.15, -0.1) is 0 Å². The third-order valence-electron chi connectivity index (χ3n) is 2.69. The van der Waals surface area contributed by atoms with Gasteiger partial charge in [-0.2, -0.15) is 0 Å². The largest absolute Gasteiger partial charge is 0.290 e. The minimum atomic E-state index is -0.298. The molecule has 90 valence electrons. The average molecular weight is 239 g/mol. The van der Waals surface area contributed by atoms with Crippen LogP contribution < -0.4 is 0 Å². The highest BCUT2D eigenvalue weighted by atomic mass is 16.1. The van der Waals surface area contributed by atoms with Crippen LogP contribution in [0.4, 0.5) is 0 Å². The van der Waals surface area contributed by atoms with Crippen LogP contribution >= 0.6 is 0 Å². The molecular formula is C15H13NO2. The van der Waals surface area contributed by atoms with E-state index >= 15 is 0 Å². The van der Waals surface area contributed by atoms with Crippen molar-refractivity contribution in [2.45, 2.75) is 13.8 Å². The van der Waals surface area contributed by atoms with Gasteiger partial charge in [-0.05, 0) is 49.8 Å². The number of hydrogen-bond acceptors (Lipinski definition) is 2. The van der Waals surface area contributed by atoms with Crippen LogP contribution in [0.3, 0.4) is 0 Å². The summed E-state index contributed by atoms with van der Waals surface area (Å²) in [7, 11) is 0. The fraction of sp³-hybridized carbons (Fsp3) is 0.133. The Morgan fingerprint density at radius 3 is 2.33 bits per heavy atom. The van der Waals surface area contributed by atoms with Crippen molar-refractivity contribution in [3.05, 3.63) is 59.2 Å². The highest BCUT2D eigenvalue weighted by molar-refractivity contribution is 6.21. The molecule has 0 fully saturated rings. The van der Waals surface area contributed by atoms with E-state index in [1.807, 2.05) is 19.1 Å². The van der Waals surface area contributed by atoms with Gasteiger partial charge in [-0.1, -0.05) is 17.7 Å². The van der Waals surface area contributed by atoms with E-state index in [0.717, 1.165) is 5.56 Å². The van der Waals surface area contributed by atoms with Gasteiger partial charge in [-0.25, -0.2) is 4.99 Å². The molecule has 2 rings (SSSR count). The van der Waals surface area contributed by atoms with Crippen molar-refractivity contribution in [3.63, 3.8) is 0 Å².